The molecule has 1 aromatic carbocycles. The summed E-state index contributed by atoms with van der Waals surface area (Å²) in [6.45, 7) is 2.56. The average Bonchev–Trinajstić information content (AvgIpc) is 2.83. The number of carbonyl (C=O) groups is 1. The third kappa shape index (κ3) is 6.48. The SMILES string of the molecule is NC(=NCCCC(=O)Nc1ccc(Cl)cc1)N1CCCCCC1. The smallest absolute Gasteiger partial charge is 0.224 e. The van der Waals surface area contributed by atoms with Crippen LogP contribution in [0.5, 0.6) is 0 Å². The number of anilines is 1. The molecule has 5 nitrogen and oxygen atoms in total. The van der Waals surface area contributed by atoms with Gasteiger partial charge in [-0.1, -0.05) is 24.4 Å². The number of benzene rings is 1. The third-order valence-electron chi connectivity index (χ3n) is 3.89. The second-order valence-corrected chi connectivity index (χ2v) is 6.24. The van der Waals surface area contributed by atoms with Gasteiger partial charge in [0, 0.05) is 36.8 Å². The van der Waals surface area contributed by atoms with E-state index in [1.807, 2.05) is 0 Å². The number of likely N-dealkylation sites (tertiary alicyclic amines) is 1. The van der Waals surface area contributed by atoms with Crippen molar-refractivity contribution in [2.45, 2.75) is 38.5 Å². The van der Waals surface area contributed by atoms with Gasteiger partial charge >= 0.3 is 0 Å². The molecular weight excluding hydrogens is 312 g/mol. The minimum absolute atomic E-state index is 0.0177. The van der Waals surface area contributed by atoms with Gasteiger partial charge in [-0.25, -0.2) is 0 Å². The molecule has 1 aliphatic heterocycles. The van der Waals surface area contributed by atoms with Crippen LogP contribution in [0.1, 0.15) is 38.5 Å². The number of nitrogens with two attached hydrogens (primary N) is 1. The number of nitrogens with one attached hydrogen (secondary N) is 1. The number of hydrogen-bond donors (Lipinski definition) is 2. The Hall–Kier alpha value is -1.75. The van der Waals surface area contributed by atoms with Gasteiger partial charge in [0.25, 0.3) is 0 Å². The van der Waals surface area contributed by atoms with E-state index in [2.05, 4.69) is 15.2 Å². The number of nitrogens with zero attached hydrogens (tertiary/aromatic N) is 2. The molecule has 3 N–H and O–H groups in total. The molecule has 0 saturated carbocycles. The van der Waals surface area contributed by atoms with Crippen LogP contribution in [0.3, 0.4) is 0 Å². The van der Waals surface area contributed by atoms with Crippen molar-refractivity contribution in [1.29, 1.82) is 0 Å². The molecule has 2 rings (SSSR count). The molecule has 126 valence electrons. The molecule has 0 radical (unpaired) electrons. The largest absolute Gasteiger partial charge is 0.370 e. The van der Waals surface area contributed by atoms with Crippen LogP contribution in [0.2, 0.25) is 5.02 Å². The number of rotatable bonds is 5. The summed E-state index contributed by atoms with van der Waals surface area (Å²) in [5, 5.41) is 3.50. The van der Waals surface area contributed by atoms with E-state index in [-0.39, 0.29) is 5.91 Å². The number of aliphatic imine (C=N–C) groups is 1. The van der Waals surface area contributed by atoms with E-state index in [0.717, 1.165) is 18.8 Å². The lowest BCUT2D eigenvalue weighted by molar-refractivity contribution is -0.116. The van der Waals surface area contributed by atoms with Crippen molar-refractivity contribution in [3.63, 3.8) is 0 Å². The second kappa shape index (κ2) is 9.40. The summed E-state index contributed by atoms with van der Waals surface area (Å²) < 4.78 is 0. The minimum atomic E-state index is -0.0177. The zero-order valence-electron chi connectivity index (χ0n) is 13.4. The van der Waals surface area contributed by atoms with E-state index in [4.69, 9.17) is 17.3 Å². The number of hydrogen-bond acceptors (Lipinski definition) is 2. The standard InChI is InChI=1S/C17H25ClN4O/c18-14-7-9-15(10-8-14)21-16(23)6-5-11-20-17(19)22-12-3-1-2-4-13-22/h7-10H,1-6,11-13H2,(H2,19,20)(H,21,23). The number of guanidine groups is 1. The Bertz CT molecular complexity index is 522. The Morgan fingerprint density at radius 3 is 2.48 bits per heavy atom. The molecule has 1 fully saturated rings. The number of halogens is 1. The van der Waals surface area contributed by atoms with E-state index in [0.29, 0.717) is 30.4 Å². The molecule has 0 spiro atoms. The fourth-order valence-electron chi connectivity index (χ4n) is 2.59. The van der Waals surface area contributed by atoms with Crippen molar-refractivity contribution in [2.75, 3.05) is 25.0 Å². The molecule has 1 amide bonds. The Kier molecular flexibility index (Phi) is 7.20. The van der Waals surface area contributed by atoms with Gasteiger partial charge < -0.3 is 16.0 Å². The van der Waals surface area contributed by atoms with Gasteiger partial charge in [0.2, 0.25) is 5.91 Å². The second-order valence-electron chi connectivity index (χ2n) is 5.80. The highest BCUT2D eigenvalue weighted by molar-refractivity contribution is 6.30. The summed E-state index contributed by atoms with van der Waals surface area (Å²) in [7, 11) is 0. The van der Waals surface area contributed by atoms with E-state index in [1.165, 1.54) is 25.7 Å². The van der Waals surface area contributed by atoms with Crippen molar-refractivity contribution >= 4 is 29.2 Å². The zero-order valence-corrected chi connectivity index (χ0v) is 14.2. The Morgan fingerprint density at radius 2 is 1.83 bits per heavy atom. The number of carbonyl (C=O) groups excluding carboxylic acids is 1. The molecule has 23 heavy (non-hydrogen) atoms. The maximum atomic E-state index is 11.9. The molecular formula is C17H25ClN4O. The quantitative estimate of drug-likeness (QED) is 0.492. The van der Waals surface area contributed by atoms with Gasteiger partial charge in [-0.3, -0.25) is 9.79 Å². The fourth-order valence-corrected chi connectivity index (χ4v) is 2.72. The number of amides is 1. The van der Waals surface area contributed by atoms with Crippen LogP contribution >= 0.6 is 11.6 Å². The zero-order chi connectivity index (χ0) is 16.5. The van der Waals surface area contributed by atoms with Crippen LogP contribution in [-0.4, -0.2) is 36.4 Å². The topological polar surface area (TPSA) is 70.7 Å². The summed E-state index contributed by atoms with van der Waals surface area (Å²) >= 11 is 5.81. The van der Waals surface area contributed by atoms with Crippen molar-refractivity contribution in [3.8, 4) is 0 Å². The first-order valence-corrected chi connectivity index (χ1v) is 8.63. The summed E-state index contributed by atoms with van der Waals surface area (Å²) in [5.74, 6) is 0.598. The van der Waals surface area contributed by atoms with E-state index < -0.39 is 0 Å². The van der Waals surface area contributed by atoms with E-state index in [9.17, 15) is 4.79 Å². The van der Waals surface area contributed by atoms with Crippen molar-refractivity contribution in [2.24, 2.45) is 10.7 Å². The molecule has 1 saturated heterocycles. The van der Waals surface area contributed by atoms with E-state index >= 15 is 0 Å². The predicted molar refractivity (Wildman–Crippen MR) is 95.8 cm³/mol. The molecule has 1 aromatic rings. The van der Waals surface area contributed by atoms with Crippen molar-refractivity contribution in [1.82, 2.24) is 4.90 Å². The van der Waals surface area contributed by atoms with Crippen LogP contribution in [0.4, 0.5) is 5.69 Å². The summed E-state index contributed by atoms with van der Waals surface area (Å²) in [6.07, 6.45) is 6.02. The molecule has 0 aliphatic carbocycles. The van der Waals surface area contributed by atoms with Crippen LogP contribution in [0.15, 0.2) is 29.3 Å². The van der Waals surface area contributed by atoms with Gasteiger partial charge in [0.1, 0.15) is 0 Å². The van der Waals surface area contributed by atoms with Crippen molar-refractivity contribution in [3.05, 3.63) is 29.3 Å². The molecule has 0 aromatic heterocycles. The predicted octanol–water partition coefficient (Wildman–Crippen LogP) is 3.25. The van der Waals surface area contributed by atoms with E-state index in [1.54, 1.807) is 24.3 Å². The van der Waals surface area contributed by atoms with Crippen LogP contribution < -0.4 is 11.1 Å². The van der Waals surface area contributed by atoms with Gasteiger partial charge in [-0.15, -0.1) is 0 Å². The first-order chi connectivity index (χ1) is 11.1. The van der Waals surface area contributed by atoms with Gasteiger partial charge in [-0.05, 0) is 43.5 Å². The summed E-state index contributed by atoms with van der Waals surface area (Å²) in [5.41, 5.74) is 6.79. The summed E-state index contributed by atoms with van der Waals surface area (Å²) in [6, 6.07) is 7.08. The first kappa shape index (κ1) is 17.6. The van der Waals surface area contributed by atoms with Crippen molar-refractivity contribution < 1.29 is 4.79 Å². The Balaban J connectivity index is 1.68. The third-order valence-corrected chi connectivity index (χ3v) is 4.15. The van der Waals surface area contributed by atoms with Gasteiger partial charge in [0.05, 0.1) is 0 Å². The minimum Gasteiger partial charge on any atom is -0.370 e. The highest BCUT2D eigenvalue weighted by Crippen LogP contribution is 2.13. The average molecular weight is 337 g/mol. The lowest BCUT2D eigenvalue weighted by atomic mass is 10.2. The molecule has 0 unspecified atom stereocenters. The molecule has 1 aliphatic rings. The fraction of sp³-hybridized carbons (Fsp3) is 0.529. The highest BCUT2D eigenvalue weighted by atomic mass is 35.5. The molecule has 0 bridgehead atoms. The Labute approximate surface area is 142 Å². The highest BCUT2D eigenvalue weighted by Gasteiger charge is 2.10. The lowest BCUT2D eigenvalue weighted by Crippen LogP contribution is -2.38. The van der Waals surface area contributed by atoms with Gasteiger partial charge in [-0.2, -0.15) is 0 Å². The maximum absolute atomic E-state index is 11.9. The monoisotopic (exact) mass is 336 g/mol. The van der Waals surface area contributed by atoms with Crippen LogP contribution in [-0.2, 0) is 4.79 Å². The molecule has 6 heteroatoms. The summed E-state index contributed by atoms with van der Waals surface area (Å²) in [4.78, 5) is 18.4. The molecule has 1 heterocycles. The normalized spacial score (nSPS) is 16.0. The maximum Gasteiger partial charge on any atom is 0.224 e. The Morgan fingerprint density at radius 1 is 1.17 bits per heavy atom. The van der Waals surface area contributed by atoms with Gasteiger partial charge in [0.15, 0.2) is 5.96 Å². The van der Waals surface area contributed by atoms with Crippen LogP contribution in [0.25, 0.3) is 0 Å². The lowest BCUT2D eigenvalue weighted by Gasteiger charge is -2.21. The first-order valence-electron chi connectivity index (χ1n) is 8.25. The van der Waals surface area contributed by atoms with Crippen LogP contribution in [0, 0.1) is 0 Å². The molecule has 0 atom stereocenters.